The SMILES string of the molecule is O=C[C@H](CCc1ccccc1)NC(=O)[C@H](Cc1ccccc1)NS(=O)(=O)c1ccccc1. The van der Waals surface area contributed by atoms with Gasteiger partial charge in [-0.25, -0.2) is 8.42 Å². The lowest BCUT2D eigenvalue weighted by atomic mass is 10.0. The highest BCUT2D eigenvalue weighted by atomic mass is 32.2. The highest BCUT2D eigenvalue weighted by molar-refractivity contribution is 7.89. The van der Waals surface area contributed by atoms with Crippen LogP contribution in [0.2, 0.25) is 0 Å². The van der Waals surface area contributed by atoms with E-state index in [9.17, 15) is 18.0 Å². The first-order valence-corrected chi connectivity index (χ1v) is 11.9. The van der Waals surface area contributed by atoms with E-state index in [-0.39, 0.29) is 11.3 Å². The summed E-state index contributed by atoms with van der Waals surface area (Å²) in [5, 5.41) is 2.70. The van der Waals surface area contributed by atoms with Crippen LogP contribution >= 0.6 is 0 Å². The number of sulfonamides is 1. The lowest BCUT2D eigenvalue weighted by Crippen LogP contribution is -2.51. The van der Waals surface area contributed by atoms with Crippen molar-refractivity contribution < 1.29 is 18.0 Å². The summed E-state index contributed by atoms with van der Waals surface area (Å²) in [6.07, 6.45) is 1.88. The Hall–Kier alpha value is -3.29. The lowest BCUT2D eigenvalue weighted by molar-refractivity contribution is -0.125. The van der Waals surface area contributed by atoms with E-state index < -0.39 is 28.0 Å². The summed E-state index contributed by atoms with van der Waals surface area (Å²) in [6, 6.07) is 24.9. The second-order valence-electron chi connectivity index (χ2n) is 7.45. The zero-order chi connectivity index (χ0) is 22.8. The van der Waals surface area contributed by atoms with Crippen LogP contribution in [-0.2, 0) is 32.5 Å². The van der Waals surface area contributed by atoms with Gasteiger partial charge in [0.1, 0.15) is 12.3 Å². The van der Waals surface area contributed by atoms with E-state index in [1.165, 1.54) is 12.1 Å². The van der Waals surface area contributed by atoms with E-state index in [4.69, 9.17) is 0 Å². The standard InChI is InChI=1S/C25H26N2O4S/c28-19-22(17-16-20-10-4-1-5-11-20)26-25(29)24(18-21-12-6-2-7-13-21)27-32(30,31)23-14-8-3-9-15-23/h1-15,19,22,24,27H,16-18H2,(H,26,29)/t22-,24-/m0/s1. The maximum atomic E-state index is 13.0. The largest absolute Gasteiger partial charge is 0.345 e. The van der Waals surface area contributed by atoms with Crippen molar-refractivity contribution in [3.63, 3.8) is 0 Å². The molecule has 6 nitrogen and oxygen atoms in total. The number of nitrogens with one attached hydrogen (secondary N) is 2. The lowest BCUT2D eigenvalue weighted by Gasteiger charge is -2.21. The number of hydrogen-bond acceptors (Lipinski definition) is 4. The van der Waals surface area contributed by atoms with Crippen molar-refractivity contribution in [3.8, 4) is 0 Å². The Morgan fingerprint density at radius 2 is 1.34 bits per heavy atom. The molecule has 0 bridgehead atoms. The third-order valence-corrected chi connectivity index (χ3v) is 6.52. The average molecular weight is 451 g/mol. The summed E-state index contributed by atoms with van der Waals surface area (Å²) in [7, 11) is -3.92. The second kappa shape index (κ2) is 11.4. The van der Waals surface area contributed by atoms with Crippen molar-refractivity contribution in [1.29, 1.82) is 0 Å². The molecule has 3 aromatic carbocycles. The van der Waals surface area contributed by atoms with Crippen LogP contribution in [-0.4, -0.2) is 32.7 Å². The highest BCUT2D eigenvalue weighted by Gasteiger charge is 2.27. The Labute approximate surface area is 188 Å². The number of aryl methyl sites for hydroxylation is 1. The van der Waals surface area contributed by atoms with Crippen LogP contribution in [0.3, 0.4) is 0 Å². The summed E-state index contributed by atoms with van der Waals surface area (Å²) in [5.74, 6) is -0.543. The number of aldehydes is 1. The minimum Gasteiger partial charge on any atom is -0.345 e. The third kappa shape index (κ3) is 6.87. The van der Waals surface area contributed by atoms with Crippen LogP contribution in [0.1, 0.15) is 17.5 Å². The van der Waals surface area contributed by atoms with Gasteiger partial charge in [-0.15, -0.1) is 0 Å². The van der Waals surface area contributed by atoms with Crippen LogP contribution < -0.4 is 10.0 Å². The van der Waals surface area contributed by atoms with Gasteiger partial charge in [0.2, 0.25) is 15.9 Å². The molecule has 1 amide bonds. The Balaban J connectivity index is 1.74. The van der Waals surface area contributed by atoms with E-state index in [0.29, 0.717) is 19.1 Å². The summed E-state index contributed by atoms with van der Waals surface area (Å²) in [4.78, 5) is 24.7. The molecule has 0 saturated carbocycles. The van der Waals surface area contributed by atoms with Crippen molar-refractivity contribution in [2.75, 3.05) is 0 Å². The average Bonchev–Trinajstić information content (AvgIpc) is 2.83. The molecule has 3 rings (SSSR count). The quantitative estimate of drug-likeness (QED) is 0.440. The van der Waals surface area contributed by atoms with E-state index in [0.717, 1.165) is 11.1 Å². The Kier molecular flexibility index (Phi) is 8.30. The molecule has 0 aliphatic heterocycles. The van der Waals surface area contributed by atoms with Gasteiger partial charge in [-0.05, 0) is 42.5 Å². The molecular weight excluding hydrogens is 424 g/mol. The molecule has 3 aromatic rings. The van der Waals surface area contributed by atoms with Gasteiger partial charge in [-0.1, -0.05) is 78.9 Å². The van der Waals surface area contributed by atoms with Crippen molar-refractivity contribution in [1.82, 2.24) is 10.0 Å². The predicted molar refractivity (Wildman–Crippen MR) is 123 cm³/mol. The number of benzene rings is 3. The molecular formula is C25H26N2O4S. The molecule has 0 spiro atoms. The summed E-state index contributed by atoms with van der Waals surface area (Å²) in [5.41, 5.74) is 1.86. The summed E-state index contributed by atoms with van der Waals surface area (Å²) >= 11 is 0. The fraction of sp³-hybridized carbons (Fsp3) is 0.200. The number of hydrogen-bond donors (Lipinski definition) is 2. The normalized spacial score (nSPS) is 13.1. The Morgan fingerprint density at radius 3 is 1.91 bits per heavy atom. The van der Waals surface area contributed by atoms with Gasteiger partial charge >= 0.3 is 0 Å². The van der Waals surface area contributed by atoms with E-state index in [1.807, 2.05) is 60.7 Å². The fourth-order valence-electron chi connectivity index (χ4n) is 3.32. The molecule has 166 valence electrons. The molecule has 0 unspecified atom stereocenters. The number of carbonyl (C=O) groups is 2. The first kappa shape index (κ1) is 23.4. The molecule has 0 aromatic heterocycles. The molecule has 0 aliphatic rings. The molecule has 7 heteroatoms. The van der Waals surface area contributed by atoms with Gasteiger partial charge in [-0.3, -0.25) is 4.79 Å². The van der Waals surface area contributed by atoms with Gasteiger partial charge < -0.3 is 10.1 Å². The number of amides is 1. The van der Waals surface area contributed by atoms with Gasteiger partial charge in [0.05, 0.1) is 10.9 Å². The van der Waals surface area contributed by atoms with Crippen molar-refractivity contribution in [2.45, 2.75) is 36.2 Å². The van der Waals surface area contributed by atoms with Crippen molar-refractivity contribution >= 4 is 22.2 Å². The first-order chi connectivity index (χ1) is 15.5. The second-order valence-corrected chi connectivity index (χ2v) is 9.17. The molecule has 0 radical (unpaired) electrons. The summed E-state index contributed by atoms with van der Waals surface area (Å²) in [6.45, 7) is 0. The molecule has 0 aliphatic carbocycles. The smallest absolute Gasteiger partial charge is 0.241 e. The first-order valence-electron chi connectivity index (χ1n) is 10.4. The molecule has 0 saturated heterocycles. The Bertz CT molecular complexity index is 1100. The van der Waals surface area contributed by atoms with Crippen LogP contribution in [0.25, 0.3) is 0 Å². The van der Waals surface area contributed by atoms with Crippen LogP contribution in [0.5, 0.6) is 0 Å². The molecule has 0 fully saturated rings. The van der Waals surface area contributed by atoms with Crippen molar-refractivity contribution in [2.24, 2.45) is 0 Å². The summed E-state index contributed by atoms with van der Waals surface area (Å²) < 4.78 is 28.2. The molecule has 2 N–H and O–H groups in total. The third-order valence-electron chi connectivity index (χ3n) is 5.03. The minimum absolute atomic E-state index is 0.0712. The Morgan fingerprint density at radius 1 is 0.812 bits per heavy atom. The molecule has 32 heavy (non-hydrogen) atoms. The number of carbonyl (C=O) groups excluding carboxylic acids is 2. The molecule has 0 heterocycles. The van der Waals surface area contributed by atoms with E-state index in [2.05, 4.69) is 10.0 Å². The van der Waals surface area contributed by atoms with E-state index >= 15 is 0 Å². The topological polar surface area (TPSA) is 92.3 Å². The van der Waals surface area contributed by atoms with Crippen LogP contribution in [0.15, 0.2) is 95.9 Å². The van der Waals surface area contributed by atoms with Gasteiger partial charge in [0.25, 0.3) is 0 Å². The zero-order valence-corrected chi connectivity index (χ0v) is 18.4. The monoisotopic (exact) mass is 450 g/mol. The predicted octanol–water partition coefficient (Wildman–Crippen LogP) is 2.89. The highest BCUT2D eigenvalue weighted by Crippen LogP contribution is 2.12. The van der Waals surface area contributed by atoms with Gasteiger partial charge in [0.15, 0.2) is 0 Å². The van der Waals surface area contributed by atoms with Crippen LogP contribution in [0, 0.1) is 0 Å². The van der Waals surface area contributed by atoms with E-state index in [1.54, 1.807) is 18.2 Å². The maximum Gasteiger partial charge on any atom is 0.241 e. The minimum atomic E-state index is -3.92. The van der Waals surface area contributed by atoms with Gasteiger partial charge in [-0.2, -0.15) is 4.72 Å². The van der Waals surface area contributed by atoms with Crippen molar-refractivity contribution in [3.05, 3.63) is 102 Å². The maximum absolute atomic E-state index is 13.0. The number of rotatable bonds is 11. The zero-order valence-electron chi connectivity index (χ0n) is 17.6. The fourth-order valence-corrected chi connectivity index (χ4v) is 4.53. The van der Waals surface area contributed by atoms with Gasteiger partial charge in [0, 0.05) is 0 Å². The molecule has 2 atom stereocenters. The van der Waals surface area contributed by atoms with Crippen LogP contribution in [0.4, 0.5) is 0 Å².